The monoisotopic (exact) mass is 433 g/mol. The Kier molecular flexibility index (Phi) is 7.87. The van der Waals surface area contributed by atoms with E-state index in [9.17, 15) is 13.2 Å². The van der Waals surface area contributed by atoms with E-state index in [2.05, 4.69) is 29.0 Å². The fourth-order valence-corrected chi connectivity index (χ4v) is 5.50. The van der Waals surface area contributed by atoms with Gasteiger partial charge in [-0.3, -0.25) is 4.79 Å². The van der Waals surface area contributed by atoms with Crippen molar-refractivity contribution >= 4 is 15.9 Å². The van der Waals surface area contributed by atoms with E-state index in [0.717, 1.165) is 31.9 Å². The van der Waals surface area contributed by atoms with E-state index >= 15 is 0 Å². The molecule has 0 bridgehead atoms. The van der Waals surface area contributed by atoms with Crippen molar-refractivity contribution in [2.75, 3.05) is 19.4 Å². The number of benzene rings is 1. The molecule has 0 aromatic heterocycles. The summed E-state index contributed by atoms with van der Waals surface area (Å²) in [5, 5.41) is 8.92. The first kappa shape index (κ1) is 22.7. The van der Waals surface area contributed by atoms with Crippen molar-refractivity contribution in [3.63, 3.8) is 0 Å². The first-order valence-electron chi connectivity index (χ1n) is 10.7. The Morgan fingerprint density at radius 1 is 1.20 bits per heavy atom. The minimum Gasteiger partial charge on any atom is -0.376 e. The number of carbonyl (C=O) groups is 1. The summed E-state index contributed by atoms with van der Waals surface area (Å²) in [4.78, 5) is 14.1. The fraction of sp³-hybridized carbons (Fsp3) is 0.636. The van der Waals surface area contributed by atoms with Crippen molar-refractivity contribution in [1.29, 1.82) is 5.26 Å². The molecule has 0 radical (unpaired) electrons. The highest BCUT2D eigenvalue weighted by atomic mass is 32.2. The van der Waals surface area contributed by atoms with Crippen LogP contribution in [0.25, 0.3) is 0 Å². The molecular formula is C22H31N3O4S. The van der Waals surface area contributed by atoms with Gasteiger partial charge in [-0.2, -0.15) is 5.26 Å². The number of likely N-dealkylation sites (tertiary alicyclic amines) is 1. The summed E-state index contributed by atoms with van der Waals surface area (Å²) in [5.74, 6) is 0.285. The zero-order chi connectivity index (χ0) is 21.6. The molecule has 1 N–H and O–H groups in total. The van der Waals surface area contributed by atoms with Crippen molar-refractivity contribution in [3.8, 4) is 6.07 Å². The summed E-state index contributed by atoms with van der Waals surface area (Å²) in [6, 6.07) is 11.6. The van der Waals surface area contributed by atoms with E-state index in [1.165, 1.54) is 5.56 Å². The van der Waals surface area contributed by atoms with Crippen LogP contribution in [-0.4, -0.2) is 56.8 Å². The van der Waals surface area contributed by atoms with Gasteiger partial charge in [0.15, 0.2) is 0 Å². The third kappa shape index (κ3) is 6.27. The Morgan fingerprint density at radius 2 is 1.90 bits per heavy atom. The summed E-state index contributed by atoms with van der Waals surface area (Å²) >= 11 is 0. The van der Waals surface area contributed by atoms with E-state index in [1.54, 1.807) is 4.90 Å². The van der Waals surface area contributed by atoms with E-state index in [-0.39, 0.29) is 31.1 Å². The molecule has 3 rings (SSSR count). The quantitative estimate of drug-likeness (QED) is 0.712. The van der Waals surface area contributed by atoms with Gasteiger partial charge in [0, 0.05) is 12.6 Å². The highest BCUT2D eigenvalue weighted by molar-refractivity contribution is 7.88. The molecule has 1 amide bonds. The first-order valence-corrected chi connectivity index (χ1v) is 12.6. The molecule has 1 aromatic carbocycles. The van der Waals surface area contributed by atoms with Gasteiger partial charge in [0.25, 0.3) is 0 Å². The van der Waals surface area contributed by atoms with E-state index in [0.29, 0.717) is 25.3 Å². The molecule has 2 atom stereocenters. The second kappa shape index (κ2) is 10.4. The number of nitrogens with zero attached hydrogens (tertiary/aromatic N) is 2. The standard InChI is InChI=1S/C22H31N3O4S/c1-30(27,28)24-20-8-5-15-25(22(26)13-14-23)21(20)16-29-19-11-9-18(10-12-19)17-6-3-2-4-7-17/h2-4,6-7,18-21,24H,5,8-13,15-16H2,1H3/t18-,19+,20-,21-/m0/s1. The molecule has 1 aliphatic carbocycles. The van der Waals surface area contributed by atoms with Crippen LogP contribution >= 0.6 is 0 Å². The number of nitrogens with one attached hydrogen (secondary N) is 1. The summed E-state index contributed by atoms with van der Waals surface area (Å²) in [6.07, 6.45) is 6.39. The summed E-state index contributed by atoms with van der Waals surface area (Å²) in [5.41, 5.74) is 1.37. The molecule has 8 heteroatoms. The molecule has 1 aliphatic heterocycles. The highest BCUT2D eigenvalue weighted by Gasteiger charge is 2.36. The first-order chi connectivity index (χ1) is 14.4. The number of piperidine rings is 1. The number of amides is 1. The lowest BCUT2D eigenvalue weighted by Crippen LogP contribution is -2.59. The topological polar surface area (TPSA) is 99.5 Å². The lowest BCUT2D eigenvalue weighted by Gasteiger charge is -2.42. The van der Waals surface area contributed by atoms with Gasteiger partial charge < -0.3 is 9.64 Å². The van der Waals surface area contributed by atoms with Crippen LogP contribution in [0.5, 0.6) is 0 Å². The molecule has 30 heavy (non-hydrogen) atoms. The Labute approximate surface area is 179 Å². The minimum atomic E-state index is -3.41. The van der Waals surface area contributed by atoms with Crippen LogP contribution in [0.2, 0.25) is 0 Å². The Morgan fingerprint density at radius 3 is 2.53 bits per heavy atom. The zero-order valence-corrected chi connectivity index (χ0v) is 18.3. The van der Waals surface area contributed by atoms with Crippen LogP contribution in [-0.2, 0) is 19.6 Å². The number of carbonyl (C=O) groups excluding carboxylic acids is 1. The number of hydrogen-bond donors (Lipinski definition) is 1. The van der Waals surface area contributed by atoms with Gasteiger partial charge in [0.2, 0.25) is 15.9 Å². The van der Waals surface area contributed by atoms with Crippen molar-refractivity contribution < 1.29 is 17.9 Å². The average molecular weight is 434 g/mol. The molecule has 2 aliphatic rings. The van der Waals surface area contributed by atoms with Crippen LogP contribution in [0.1, 0.15) is 56.4 Å². The van der Waals surface area contributed by atoms with Crippen molar-refractivity contribution in [3.05, 3.63) is 35.9 Å². The van der Waals surface area contributed by atoms with Crippen LogP contribution in [0.15, 0.2) is 30.3 Å². The van der Waals surface area contributed by atoms with E-state index in [1.807, 2.05) is 12.1 Å². The van der Waals surface area contributed by atoms with Crippen LogP contribution in [0.3, 0.4) is 0 Å². The van der Waals surface area contributed by atoms with Crippen molar-refractivity contribution in [2.45, 2.75) is 69.1 Å². The molecule has 7 nitrogen and oxygen atoms in total. The lowest BCUT2D eigenvalue weighted by molar-refractivity contribution is -0.137. The van der Waals surface area contributed by atoms with E-state index in [4.69, 9.17) is 10.00 Å². The fourth-order valence-electron chi connectivity index (χ4n) is 4.68. The number of hydrogen-bond acceptors (Lipinski definition) is 5. The van der Waals surface area contributed by atoms with Gasteiger partial charge in [-0.25, -0.2) is 13.1 Å². The Balaban J connectivity index is 1.60. The smallest absolute Gasteiger partial charge is 0.237 e. The second-order valence-electron chi connectivity index (χ2n) is 8.35. The van der Waals surface area contributed by atoms with Gasteiger partial charge in [0.1, 0.15) is 6.42 Å². The van der Waals surface area contributed by atoms with Crippen molar-refractivity contribution in [1.82, 2.24) is 9.62 Å². The number of ether oxygens (including phenoxy) is 1. The molecule has 1 saturated heterocycles. The Hall–Kier alpha value is -1.95. The molecule has 1 saturated carbocycles. The highest BCUT2D eigenvalue weighted by Crippen LogP contribution is 2.34. The predicted octanol–water partition coefficient (Wildman–Crippen LogP) is 2.55. The molecule has 1 aromatic rings. The summed E-state index contributed by atoms with van der Waals surface area (Å²) in [6.45, 7) is 0.808. The van der Waals surface area contributed by atoms with Gasteiger partial charge in [-0.15, -0.1) is 0 Å². The molecule has 1 heterocycles. The average Bonchev–Trinajstić information content (AvgIpc) is 2.73. The summed E-state index contributed by atoms with van der Waals surface area (Å²) < 4.78 is 32.5. The van der Waals surface area contributed by atoms with Crippen LogP contribution < -0.4 is 4.72 Å². The Bertz CT molecular complexity index is 845. The molecule has 0 spiro atoms. The molecule has 164 valence electrons. The largest absolute Gasteiger partial charge is 0.376 e. The number of sulfonamides is 1. The van der Waals surface area contributed by atoms with Crippen LogP contribution in [0.4, 0.5) is 0 Å². The normalized spacial score (nSPS) is 27.4. The van der Waals surface area contributed by atoms with Crippen molar-refractivity contribution in [2.24, 2.45) is 0 Å². The maximum atomic E-state index is 12.4. The van der Waals surface area contributed by atoms with Crippen LogP contribution in [0, 0.1) is 11.3 Å². The zero-order valence-electron chi connectivity index (χ0n) is 17.5. The number of rotatable bonds is 7. The SMILES string of the molecule is CS(=O)(=O)N[C@H]1CCCN(C(=O)CC#N)[C@H]1CO[C@H]1CC[C@@H](c2ccccc2)CC1. The van der Waals surface area contributed by atoms with Gasteiger partial charge in [-0.05, 0) is 50.0 Å². The third-order valence-corrected chi connectivity index (χ3v) is 6.87. The summed E-state index contributed by atoms with van der Waals surface area (Å²) in [7, 11) is -3.41. The maximum Gasteiger partial charge on any atom is 0.237 e. The van der Waals surface area contributed by atoms with Gasteiger partial charge >= 0.3 is 0 Å². The molecule has 2 fully saturated rings. The lowest BCUT2D eigenvalue weighted by atomic mass is 9.83. The number of nitriles is 1. The third-order valence-electron chi connectivity index (χ3n) is 6.14. The van der Waals surface area contributed by atoms with Gasteiger partial charge in [0.05, 0.1) is 31.1 Å². The maximum absolute atomic E-state index is 12.4. The molecular weight excluding hydrogens is 402 g/mol. The minimum absolute atomic E-state index is 0.110. The molecule has 0 unspecified atom stereocenters. The van der Waals surface area contributed by atoms with E-state index < -0.39 is 16.1 Å². The predicted molar refractivity (Wildman–Crippen MR) is 114 cm³/mol. The second-order valence-corrected chi connectivity index (χ2v) is 10.1. The van der Waals surface area contributed by atoms with Gasteiger partial charge in [-0.1, -0.05) is 30.3 Å².